The van der Waals surface area contributed by atoms with Crippen molar-refractivity contribution in [3.8, 4) is 0 Å². The first-order valence-electron chi connectivity index (χ1n) is 7.99. The first kappa shape index (κ1) is 17.6. The van der Waals surface area contributed by atoms with Crippen LogP contribution in [0.3, 0.4) is 0 Å². The molecule has 0 saturated heterocycles. The summed E-state index contributed by atoms with van der Waals surface area (Å²) in [6.07, 6.45) is -0.768. The Kier molecular flexibility index (Phi) is 6.23. The summed E-state index contributed by atoms with van der Waals surface area (Å²) >= 11 is 0. The molecular weight excluding hydrogens is 309 g/mol. The molecule has 6 nitrogen and oxygen atoms in total. The molecule has 2 rings (SSSR count). The van der Waals surface area contributed by atoms with Gasteiger partial charge in [0.1, 0.15) is 12.4 Å². The number of nitrogens with zero attached hydrogens (tertiary/aromatic N) is 4. The minimum Gasteiger partial charge on any atom is -0.357 e. The second-order valence-electron chi connectivity index (χ2n) is 5.48. The Balaban J connectivity index is 1.96. The molecule has 1 aromatic rings. The van der Waals surface area contributed by atoms with Gasteiger partial charge < -0.3 is 15.2 Å². The van der Waals surface area contributed by atoms with E-state index in [0.29, 0.717) is 19.0 Å². The Morgan fingerprint density at radius 2 is 2.04 bits per heavy atom. The highest BCUT2D eigenvalue weighted by Gasteiger charge is 2.26. The summed E-state index contributed by atoms with van der Waals surface area (Å²) in [6, 6.07) is 0. The second kappa shape index (κ2) is 8.16. The van der Waals surface area contributed by atoms with Crippen LogP contribution in [-0.2, 0) is 19.5 Å². The quantitative estimate of drug-likeness (QED) is 0.639. The molecule has 23 heavy (non-hydrogen) atoms. The fourth-order valence-electron chi connectivity index (χ4n) is 2.48. The minimum atomic E-state index is -4.17. The number of rotatable bonds is 5. The minimum absolute atomic E-state index is 0.201. The Hall–Kier alpha value is -1.80. The lowest BCUT2D eigenvalue weighted by molar-refractivity contribution is -0.132. The van der Waals surface area contributed by atoms with E-state index < -0.39 is 12.6 Å². The summed E-state index contributed by atoms with van der Waals surface area (Å²) in [6.45, 7) is 3.42. The highest BCUT2D eigenvalue weighted by atomic mass is 19.4. The SMILES string of the molecule is CCNC(=NCc1nnc2n1CCCCC2)NCCC(F)(F)F. The van der Waals surface area contributed by atoms with Crippen LogP contribution in [-0.4, -0.2) is 40.0 Å². The molecule has 0 unspecified atom stereocenters. The van der Waals surface area contributed by atoms with E-state index in [1.54, 1.807) is 0 Å². The van der Waals surface area contributed by atoms with Gasteiger partial charge in [-0.2, -0.15) is 13.2 Å². The topological polar surface area (TPSA) is 67.1 Å². The molecule has 0 radical (unpaired) electrons. The molecule has 0 spiro atoms. The lowest BCUT2D eigenvalue weighted by Gasteiger charge is -2.12. The second-order valence-corrected chi connectivity index (χ2v) is 5.48. The third-order valence-corrected chi connectivity index (χ3v) is 3.61. The van der Waals surface area contributed by atoms with Gasteiger partial charge in [-0.05, 0) is 19.8 Å². The van der Waals surface area contributed by atoms with Gasteiger partial charge in [-0.3, -0.25) is 0 Å². The molecular formula is C14H23F3N6. The van der Waals surface area contributed by atoms with Crippen molar-refractivity contribution in [2.75, 3.05) is 13.1 Å². The molecule has 1 aliphatic rings. The maximum Gasteiger partial charge on any atom is 0.390 e. The zero-order valence-corrected chi connectivity index (χ0v) is 13.3. The Morgan fingerprint density at radius 1 is 1.22 bits per heavy atom. The van der Waals surface area contributed by atoms with Crippen LogP contribution >= 0.6 is 0 Å². The number of hydrogen-bond donors (Lipinski definition) is 2. The third-order valence-electron chi connectivity index (χ3n) is 3.61. The molecule has 0 amide bonds. The van der Waals surface area contributed by atoms with E-state index in [-0.39, 0.29) is 6.54 Å². The van der Waals surface area contributed by atoms with Gasteiger partial charge in [0.2, 0.25) is 0 Å². The van der Waals surface area contributed by atoms with Gasteiger partial charge in [0.25, 0.3) is 0 Å². The summed E-state index contributed by atoms with van der Waals surface area (Å²) < 4.78 is 38.7. The van der Waals surface area contributed by atoms with E-state index in [2.05, 4.69) is 30.4 Å². The standard InChI is InChI=1S/C14H23F3N6/c1-2-18-13(19-8-7-14(15,16)17)20-10-12-22-21-11-6-4-3-5-9-23(11)12/h2-10H2,1H3,(H2,18,19,20). The number of guanidine groups is 1. The number of alkyl halides is 3. The van der Waals surface area contributed by atoms with Crippen molar-refractivity contribution in [1.29, 1.82) is 0 Å². The zero-order chi connectivity index (χ0) is 16.7. The van der Waals surface area contributed by atoms with Crippen LogP contribution in [0, 0.1) is 0 Å². The van der Waals surface area contributed by atoms with E-state index in [1.807, 2.05) is 6.92 Å². The molecule has 1 aliphatic heterocycles. The van der Waals surface area contributed by atoms with Crippen LogP contribution in [0.25, 0.3) is 0 Å². The average molecular weight is 332 g/mol. The van der Waals surface area contributed by atoms with Crippen molar-refractivity contribution >= 4 is 5.96 Å². The van der Waals surface area contributed by atoms with Gasteiger partial charge >= 0.3 is 6.18 Å². The number of aliphatic imine (C=N–C) groups is 1. The van der Waals surface area contributed by atoms with E-state index in [9.17, 15) is 13.2 Å². The predicted molar refractivity (Wildman–Crippen MR) is 81.1 cm³/mol. The summed E-state index contributed by atoms with van der Waals surface area (Å²) in [7, 11) is 0. The molecule has 9 heteroatoms. The summed E-state index contributed by atoms with van der Waals surface area (Å²) in [5.41, 5.74) is 0. The summed E-state index contributed by atoms with van der Waals surface area (Å²) in [4.78, 5) is 4.32. The molecule has 0 bridgehead atoms. The lowest BCUT2D eigenvalue weighted by Crippen LogP contribution is -2.39. The zero-order valence-electron chi connectivity index (χ0n) is 13.3. The maximum absolute atomic E-state index is 12.2. The normalized spacial score (nSPS) is 15.9. The fourth-order valence-corrected chi connectivity index (χ4v) is 2.48. The number of halogens is 3. The number of fused-ring (bicyclic) bond motifs is 1. The largest absolute Gasteiger partial charge is 0.390 e. The first-order chi connectivity index (χ1) is 11.0. The van der Waals surface area contributed by atoms with Gasteiger partial charge in [0.15, 0.2) is 11.8 Å². The Morgan fingerprint density at radius 3 is 2.78 bits per heavy atom. The molecule has 0 aromatic carbocycles. The molecule has 2 heterocycles. The smallest absolute Gasteiger partial charge is 0.357 e. The maximum atomic E-state index is 12.2. The van der Waals surface area contributed by atoms with Crippen molar-refractivity contribution in [3.63, 3.8) is 0 Å². The number of aromatic nitrogens is 3. The molecule has 0 fully saturated rings. The Bertz CT molecular complexity index is 523. The van der Waals surface area contributed by atoms with Gasteiger partial charge in [-0.1, -0.05) is 6.42 Å². The van der Waals surface area contributed by atoms with Crippen LogP contribution in [0.2, 0.25) is 0 Å². The highest BCUT2D eigenvalue weighted by Crippen LogP contribution is 2.18. The number of nitrogens with one attached hydrogen (secondary N) is 2. The van der Waals surface area contributed by atoms with Crippen molar-refractivity contribution in [3.05, 3.63) is 11.6 Å². The van der Waals surface area contributed by atoms with E-state index in [1.165, 1.54) is 6.42 Å². The van der Waals surface area contributed by atoms with Gasteiger partial charge in [0.05, 0.1) is 6.42 Å². The van der Waals surface area contributed by atoms with E-state index >= 15 is 0 Å². The van der Waals surface area contributed by atoms with Gasteiger partial charge in [-0.15, -0.1) is 10.2 Å². The number of aryl methyl sites for hydroxylation is 1. The monoisotopic (exact) mass is 332 g/mol. The van der Waals surface area contributed by atoms with Gasteiger partial charge in [0, 0.05) is 26.1 Å². The van der Waals surface area contributed by atoms with Crippen molar-refractivity contribution < 1.29 is 13.2 Å². The average Bonchev–Trinajstić information content (AvgIpc) is 2.71. The van der Waals surface area contributed by atoms with Crippen LogP contribution in [0.5, 0.6) is 0 Å². The molecule has 1 aromatic heterocycles. The Labute approximate surface area is 133 Å². The fraction of sp³-hybridized carbons (Fsp3) is 0.786. The van der Waals surface area contributed by atoms with Crippen LogP contribution < -0.4 is 10.6 Å². The highest BCUT2D eigenvalue weighted by molar-refractivity contribution is 5.79. The summed E-state index contributed by atoms with van der Waals surface area (Å²) in [5, 5.41) is 14.0. The summed E-state index contributed by atoms with van der Waals surface area (Å²) in [5.74, 6) is 2.10. The van der Waals surface area contributed by atoms with Crippen LogP contribution in [0.15, 0.2) is 4.99 Å². The lowest BCUT2D eigenvalue weighted by atomic mass is 10.2. The van der Waals surface area contributed by atoms with Gasteiger partial charge in [-0.25, -0.2) is 4.99 Å². The van der Waals surface area contributed by atoms with Crippen molar-refractivity contribution in [2.45, 2.75) is 58.3 Å². The molecule has 0 aliphatic carbocycles. The van der Waals surface area contributed by atoms with Crippen molar-refractivity contribution in [2.24, 2.45) is 4.99 Å². The molecule has 0 saturated carbocycles. The van der Waals surface area contributed by atoms with E-state index in [4.69, 9.17) is 0 Å². The molecule has 0 atom stereocenters. The third kappa shape index (κ3) is 5.72. The predicted octanol–water partition coefficient (Wildman–Crippen LogP) is 2.01. The van der Waals surface area contributed by atoms with Crippen LogP contribution in [0.1, 0.15) is 44.3 Å². The first-order valence-corrected chi connectivity index (χ1v) is 7.99. The molecule has 2 N–H and O–H groups in total. The van der Waals surface area contributed by atoms with Crippen LogP contribution in [0.4, 0.5) is 13.2 Å². The molecule has 130 valence electrons. The van der Waals surface area contributed by atoms with E-state index in [0.717, 1.165) is 37.5 Å². The van der Waals surface area contributed by atoms with Crippen molar-refractivity contribution in [1.82, 2.24) is 25.4 Å². The number of hydrogen-bond acceptors (Lipinski definition) is 3.